The van der Waals surface area contributed by atoms with E-state index in [0.717, 1.165) is 5.56 Å². The minimum absolute atomic E-state index is 0.188. The van der Waals surface area contributed by atoms with Gasteiger partial charge in [0.2, 0.25) is 5.89 Å². The Morgan fingerprint density at radius 1 is 0.933 bits per heavy atom. The molecule has 0 radical (unpaired) electrons. The highest BCUT2D eigenvalue weighted by atomic mass is 16.5. The van der Waals surface area contributed by atoms with Crippen LogP contribution in [-0.4, -0.2) is 25.0 Å². The number of aromatic nitrogens is 1. The van der Waals surface area contributed by atoms with Crippen molar-refractivity contribution in [3.8, 4) is 11.5 Å². The fourth-order valence-corrected chi connectivity index (χ4v) is 3.25. The lowest BCUT2D eigenvalue weighted by molar-refractivity contribution is 0.105. The van der Waals surface area contributed by atoms with Gasteiger partial charge in [0.05, 0.1) is 19.8 Å². The van der Waals surface area contributed by atoms with Gasteiger partial charge in [-0.15, -0.1) is 0 Å². The van der Waals surface area contributed by atoms with Crippen LogP contribution in [0.2, 0.25) is 0 Å². The largest absolute Gasteiger partial charge is 0.493 e. The quantitative estimate of drug-likeness (QED) is 0.313. The van der Waals surface area contributed by atoms with E-state index in [1.54, 1.807) is 38.5 Å². The topological polar surface area (TPSA) is 61.6 Å². The highest BCUT2D eigenvalue weighted by Crippen LogP contribution is 2.34. The number of benzene rings is 3. The van der Waals surface area contributed by atoms with Gasteiger partial charge in [-0.1, -0.05) is 54.1 Å². The molecule has 0 saturated carbocycles. The van der Waals surface area contributed by atoms with Crippen LogP contribution in [0, 0.1) is 6.92 Å². The summed E-state index contributed by atoms with van der Waals surface area (Å²) in [6.07, 6.45) is 1.73. The van der Waals surface area contributed by atoms with E-state index < -0.39 is 0 Å². The second-order valence-corrected chi connectivity index (χ2v) is 6.82. The SMILES string of the molecule is COc1cccc(/C=C(/C(=O)c2ccc(C)cc2)c2nc3ccccc3o2)c1OC. The van der Waals surface area contributed by atoms with E-state index in [4.69, 9.17) is 13.9 Å². The number of aryl methyl sites for hydroxylation is 1. The highest BCUT2D eigenvalue weighted by molar-refractivity contribution is 6.31. The summed E-state index contributed by atoms with van der Waals surface area (Å²) in [6.45, 7) is 1.98. The third-order valence-electron chi connectivity index (χ3n) is 4.82. The molecule has 1 heterocycles. The molecule has 30 heavy (non-hydrogen) atoms. The van der Waals surface area contributed by atoms with E-state index >= 15 is 0 Å². The molecule has 150 valence electrons. The maximum atomic E-state index is 13.5. The van der Waals surface area contributed by atoms with Gasteiger partial charge >= 0.3 is 0 Å². The second kappa shape index (κ2) is 8.25. The second-order valence-electron chi connectivity index (χ2n) is 6.82. The molecular weight excluding hydrogens is 378 g/mol. The zero-order valence-electron chi connectivity index (χ0n) is 17.0. The van der Waals surface area contributed by atoms with Crippen molar-refractivity contribution in [2.45, 2.75) is 6.92 Å². The van der Waals surface area contributed by atoms with Gasteiger partial charge in [-0.3, -0.25) is 4.79 Å². The lowest BCUT2D eigenvalue weighted by atomic mass is 9.99. The Kier molecular flexibility index (Phi) is 5.35. The molecule has 3 aromatic carbocycles. The number of hydrogen-bond acceptors (Lipinski definition) is 5. The number of carbonyl (C=O) groups excluding carboxylic acids is 1. The van der Waals surface area contributed by atoms with Crippen molar-refractivity contribution in [2.75, 3.05) is 14.2 Å². The molecule has 0 amide bonds. The van der Waals surface area contributed by atoms with Crippen LogP contribution in [0.25, 0.3) is 22.7 Å². The Balaban J connectivity index is 1.90. The Morgan fingerprint density at radius 3 is 2.40 bits per heavy atom. The molecule has 0 N–H and O–H groups in total. The predicted octanol–water partition coefficient (Wildman–Crippen LogP) is 5.58. The van der Waals surface area contributed by atoms with Crippen LogP contribution in [0.3, 0.4) is 0 Å². The Hall–Kier alpha value is -3.86. The third-order valence-corrected chi connectivity index (χ3v) is 4.82. The third kappa shape index (κ3) is 3.70. The number of para-hydroxylation sites is 3. The molecule has 4 rings (SSSR count). The molecule has 0 atom stereocenters. The monoisotopic (exact) mass is 399 g/mol. The molecule has 5 nitrogen and oxygen atoms in total. The van der Waals surface area contributed by atoms with E-state index in [9.17, 15) is 4.79 Å². The van der Waals surface area contributed by atoms with E-state index in [-0.39, 0.29) is 11.7 Å². The minimum Gasteiger partial charge on any atom is -0.493 e. The smallest absolute Gasteiger partial charge is 0.231 e. The first-order chi connectivity index (χ1) is 14.6. The average Bonchev–Trinajstić information content (AvgIpc) is 3.21. The molecule has 0 aliphatic rings. The first-order valence-corrected chi connectivity index (χ1v) is 9.50. The van der Waals surface area contributed by atoms with Gasteiger partial charge in [0.25, 0.3) is 0 Å². The van der Waals surface area contributed by atoms with Crippen molar-refractivity contribution in [2.24, 2.45) is 0 Å². The molecule has 0 saturated heterocycles. The summed E-state index contributed by atoms with van der Waals surface area (Å²) in [7, 11) is 3.14. The molecule has 4 aromatic rings. The van der Waals surface area contributed by atoms with Gasteiger partial charge in [0.1, 0.15) is 5.52 Å². The van der Waals surface area contributed by atoms with Gasteiger partial charge in [-0.2, -0.15) is 0 Å². The maximum absolute atomic E-state index is 13.5. The van der Waals surface area contributed by atoms with Gasteiger partial charge in [-0.25, -0.2) is 4.98 Å². The van der Waals surface area contributed by atoms with Gasteiger partial charge in [-0.05, 0) is 31.2 Å². The summed E-state index contributed by atoms with van der Waals surface area (Å²) in [4.78, 5) is 18.0. The Labute approximate surface area is 174 Å². The summed E-state index contributed by atoms with van der Waals surface area (Å²) in [5, 5.41) is 0. The van der Waals surface area contributed by atoms with Crippen molar-refractivity contribution < 1.29 is 18.7 Å². The summed E-state index contributed by atoms with van der Waals surface area (Å²) in [6, 6.07) is 20.3. The fourth-order valence-electron chi connectivity index (χ4n) is 3.25. The highest BCUT2D eigenvalue weighted by Gasteiger charge is 2.21. The number of hydrogen-bond donors (Lipinski definition) is 0. The molecular formula is C25H21NO4. The molecule has 0 bridgehead atoms. The zero-order chi connectivity index (χ0) is 21.1. The first kappa shape index (κ1) is 19.5. The van der Waals surface area contributed by atoms with Crippen LogP contribution in [-0.2, 0) is 0 Å². The normalized spacial score (nSPS) is 11.5. The van der Waals surface area contributed by atoms with E-state index in [0.29, 0.717) is 39.3 Å². The number of methoxy groups -OCH3 is 2. The summed E-state index contributed by atoms with van der Waals surface area (Å²) in [5.74, 6) is 1.18. The molecule has 0 fully saturated rings. The number of rotatable bonds is 6. The number of carbonyl (C=O) groups is 1. The maximum Gasteiger partial charge on any atom is 0.231 e. The van der Waals surface area contributed by atoms with Crippen LogP contribution in [0.4, 0.5) is 0 Å². The molecule has 5 heteroatoms. The van der Waals surface area contributed by atoms with Crippen molar-refractivity contribution in [3.05, 3.63) is 89.3 Å². The van der Waals surface area contributed by atoms with Crippen LogP contribution >= 0.6 is 0 Å². The summed E-state index contributed by atoms with van der Waals surface area (Å²) in [5.41, 5.74) is 3.96. The number of oxazole rings is 1. The van der Waals surface area contributed by atoms with E-state index in [1.807, 2.05) is 55.5 Å². The number of Topliss-reactive ketones (excluding diaryl/α,β-unsaturated/α-hetero) is 1. The lowest BCUT2D eigenvalue weighted by Crippen LogP contribution is -2.04. The Morgan fingerprint density at radius 2 is 1.70 bits per heavy atom. The van der Waals surface area contributed by atoms with E-state index in [2.05, 4.69) is 4.98 Å². The Bertz CT molecular complexity index is 1200. The number of fused-ring (bicyclic) bond motifs is 1. The van der Waals surface area contributed by atoms with Crippen LogP contribution < -0.4 is 9.47 Å². The number of ether oxygens (including phenoxy) is 2. The molecule has 0 aliphatic carbocycles. The number of ketones is 1. The lowest BCUT2D eigenvalue weighted by Gasteiger charge is -2.11. The molecule has 0 unspecified atom stereocenters. The standard InChI is InChI=1S/C25H21NO4/c1-16-11-13-17(14-12-16)23(27)19(25-26-20-8-4-5-9-21(20)30-25)15-18-7-6-10-22(28-2)24(18)29-3/h4-15H,1-3H3/b19-15-. The summed E-state index contributed by atoms with van der Waals surface area (Å²) >= 11 is 0. The fraction of sp³-hybridized carbons (Fsp3) is 0.120. The zero-order valence-corrected chi connectivity index (χ0v) is 17.0. The number of allylic oxidation sites excluding steroid dienone is 1. The van der Waals surface area contributed by atoms with Crippen molar-refractivity contribution in [1.82, 2.24) is 4.98 Å². The van der Waals surface area contributed by atoms with E-state index in [1.165, 1.54) is 0 Å². The molecule has 1 aromatic heterocycles. The molecule has 0 aliphatic heterocycles. The molecule has 0 spiro atoms. The van der Waals surface area contributed by atoms with Crippen LogP contribution in [0.5, 0.6) is 11.5 Å². The van der Waals surface area contributed by atoms with Crippen LogP contribution in [0.15, 0.2) is 71.1 Å². The minimum atomic E-state index is -0.188. The number of nitrogens with zero attached hydrogens (tertiary/aromatic N) is 1. The predicted molar refractivity (Wildman–Crippen MR) is 117 cm³/mol. The van der Waals surface area contributed by atoms with Gasteiger partial charge in [0.15, 0.2) is 22.9 Å². The van der Waals surface area contributed by atoms with Crippen molar-refractivity contribution >= 4 is 28.5 Å². The van der Waals surface area contributed by atoms with Gasteiger partial charge in [0, 0.05) is 11.1 Å². The summed E-state index contributed by atoms with van der Waals surface area (Å²) < 4.78 is 16.9. The van der Waals surface area contributed by atoms with Crippen molar-refractivity contribution in [3.63, 3.8) is 0 Å². The van der Waals surface area contributed by atoms with Gasteiger partial charge < -0.3 is 13.9 Å². The average molecular weight is 399 g/mol. The van der Waals surface area contributed by atoms with Crippen molar-refractivity contribution in [1.29, 1.82) is 0 Å². The van der Waals surface area contributed by atoms with Crippen LogP contribution in [0.1, 0.15) is 27.4 Å². The first-order valence-electron chi connectivity index (χ1n) is 9.50.